The van der Waals surface area contributed by atoms with Crippen LogP contribution in [-0.4, -0.2) is 21.4 Å². The predicted octanol–water partition coefficient (Wildman–Crippen LogP) is 2.22. The van der Waals surface area contributed by atoms with Gasteiger partial charge < -0.3 is 0 Å². The van der Waals surface area contributed by atoms with Gasteiger partial charge in [0.1, 0.15) is 0 Å². The van der Waals surface area contributed by atoms with Crippen molar-refractivity contribution in [1.29, 1.82) is 0 Å². The zero-order valence-electron chi connectivity index (χ0n) is 11.2. The Morgan fingerprint density at radius 3 is 1.76 bits per heavy atom. The first kappa shape index (κ1) is 15.7. The molecule has 2 aromatic rings. The van der Waals surface area contributed by atoms with Gasteiger partial charge in [-0.25, -0.2) is 8.42 Å². The average Bonchev–Trinajstić information content (AvgIpc) is 2.38. The fourth-order valence-electron chi connectivity index (χ4n) is 1.81. The van der Waals surface area contributed by atoms with Gasteiger partial charge in [-0.15, -0.1) is 0 Å². The van der Waals surface area contributed by atoms with Crippen molar-refractivity contribution in [2.45, 2.75) is 22.5 Å². The van der Waals surface area contributed by atoms with Crippen LogP contribution in [0.1, 0.15) is 11.1 Å². The summed E-state index contributed by atoms with van der Waals surface area (Å²) >= 11 is 0. The van der Waals surface area contributed by atoms with Crippen molar-refractivity contribution < 1.29 is 21.4 Å². The van der Waals surface area contributed by atoms with Gasteiger partial charge in [0, 0.05) is 0 Å². The van der Waals surface area contributed by atoms with Crippen LogP contribution in [0.2, 0.25) is 0 Å². The standard InChI is InChI=1S/C14H14O5S2/c1-11-2-6-13(7-3-11)20(15,16)10-12-4-8-14(9-5-12)21(17,18)19/h2-9H,10H2,1H3,(H,17,18,19). The van der Waals surface area contributed by atoms with Crippen LogP contribution in [0.3, 0.4) is 0 Å². The van der Waals surface area contributed by atoms with Crippen LogP contribution >= 0.6 is 0 Å². The van der Waals surface area contributed by atoms with Gasteiger partial charge >= 0.3 is 0 Å². The van der Waals surface area contributed by atoms with E-state index in [1.807, 2.05) is 6.92 Å². The summed E-state index contributed by atoms with van der Waals surface area (Å²) in [7, 11) is -7.76. The third-order valence-corrected chi connectivity index (χ3v) is 5.53. The zero-order chi connectivity index (χ0) is 15.7. The Morgan fingerprint density at radius 1 is 0.810 bits per heavy atom. The first-order chi connectivity index (χ1) is 9.68. The SMILES string of the molecule is Cc1ccc(S(=O)(=O)Cc2ccc(S(=O)(=O)O)cc2)cc1. The number of rotatable bonds is 4. The molecule has 0 aliphatic heterocycles. The highest BCUT2D eigenvalue weighted by Crippen LogP contribution is 2.18. The Morgan fingerprint density at radius 2 is 1.29 bits per heavy atom. The number of hydrogen-bond acceptors (Lipinski definition) is 4. The minimum Gasteiger partial charge on any atom is -0.282 e. The molecule has 5 nitrogen and oxygen atoms in total. The van der Waals surface area contributed by atoms with Gasteiger partial charge in [-0.2, -0.15) is 8.42 Å². The molecule has 1 N–H and O–H groups in total. The van der Waals surface area contributed by atoms with Crippen LogP contribution in [0.25, 0.3) is 0 Å². The lowest BCUT2D eigenvalue weighted by Crippen LogP contribution is -2.05. The second-order valence-corrected chi connectivity index (χ2v) is 8.10. The third kappa shape index (κ3) is 3.90. The number of benzene rings is 2. The molecule has 0 heterocycles. The van der Waals surface area contributed by atoms with Crippen molar-refractivity contribution in [3.8, 4) is 0 Å². The lowest BCUT2D eigenvalue weighted by molar-refractivity contribution is 0.483. The molecule has 21 heavy (non-hydrogen) atoms. The molecule has 0 spiro atoms. The Kier molecular flexibility index (Phi) is 4.18. The molecule has 2 aromatic carbocycles. The van der Waals surface area contributed by atoms with E-state index in [0.29, 0.717) is 5.56 Å². The fraction of sp³-hybridized carbons (Fsp3) is 0.143. The normalized spacial score (nSPS) is 12.3. The average molecular weight is 326 g/mol. The summed E-state index contributed by atoms with van der Waals surface area (Å²) in [6.45, 7) is 1.87. The van der Waals surface area contributed by atoms with E-state index >= 15 is 0 Å². The molecular formula is C14H14O5S2. The quantitative estimate of drug-likeness (QED) is 0.870. The molecule has 0 aliphatic carbocycles. The number of hydrogen-bond donors (Lipinski definition) is 1. The molecule has 0 aliphatic rings. The largest absolute Gasteiger partial charge is 0.294 e. The van der Waals surface area contributed by atoms with E-state index in [1.54, 1.807) is 12.1 Å². The van der Waals surface area contributed by atoms with Crippen LogP contribution < -0.4 is 0 Å². The van der Waals surface area contributed by atoms with Crippen LogP contribution in [-0.2, 0) is 25.7 Å². The van der Waals surface area contributed by atoms with E-state index < -0.39 is 20.0 Å². The van der Waals surface area contributed by atoms with Crippen molar-refractivity contribution >= 4 is 20.0 Å². The lowest BCUT2D eigenvalue weighted by atomic mass is 10.2. The maximum absolute atomic E-state index is 12.2. The summed E-state index contributed by atoms with van der Waals surface area (Å²) in [5.74, 6) is -0.234. The summed E-state index contributed by atoms with van der Waals surface area (Å²) in [6, 6.07) is 11.6. The molecular weight excluding hydrogens is 312 g/mol. The molecule has 0 aromatic heterocycles. The second kappa shape index (κ2) is 5.59. The maximum atomic E-state index is 12.2. The molecule has 0 fully saturated rings. The first-order valence-corrected chi connectivity index (χ1v) is 9.13. The Hall–Kier alpha value is -1.70. The molecule has 0 saturated carbocycles. The predicted molar refractivity (Wildman–Crippen MR) is 78.3 cm³/mol. The first-order valence-electron chi connectivity index (χ1n) is 6.04. The summed E-state index contributed by atoms with van der Waals surface area (Å²) in [6.07, 6.45) is 0. The monoisotopic (exact) mass is 326 g/mol. The van der Waals surface area contributed by atoms with E-state index in [1.165, 1.54) is 36.4 Å². The van der Waals surface area contributed by atoms with Gasteiger partial charge in [0.2, 0.25) is 0 Å². The number of aryl methyl sites for hydroxylation is 1. The van der Waals surface area contributed by atoms with Crippen LogP contribution in [0.5, 0.6) is 0 Å². The van der Waals surface area contributed by atoms with E-state index in [2.05, 4.69) is 0 Å². The van der Waals surface area contributed by atoms with Crippen molar-refractivity contribution in [3.05, 3.63) is 59.7 Å². The second-order valence-electron chi connectivity index (χ2n) is 4.69. The van der Waals surface area contributed by atoms with Gasteiger partial charge in [0.25, 0.3) is 10.1 Å². The Balaban J connectivity index is 2.27. The molecule has 0 unspecified atom stereocenters. The van der Waals surface area contributed by atoms with Crippen LogP contribution in [0.4, 0.5) is 0 Å². The van der Waals surface area contributed by atoms with Crippen LogP contribution in [0.15, 0.2) is 58.3 Å². The molecule has 0 bridgehead atoms. The van der Waals surface area contributed by atoms with E-state index in [0.717, 1.165) is 5.56 Å². The zero-order valence-corrected chi connectivity index (χ0v) is 12.9. The van der Waals surface area contributed by atoms with E-state index in [9.17, 15) is 16.8 Å². The molecule has 0 atom stereocenters. The summed E-state index contributed by atoms with van der Waals surface area (Å²) in [5.41, 5.74) is 1.41. The molecule has 2 rings (SSSR count). The molecule has 0 radical (unpaired) electrons. The molecule has 0 saturated heterocycles. The van der Waals surface area contributed by atoms with Gasteiger partial charge in [-0.05, 0) is 36.8 Å². The van der Waals surface area contributed by atoms with Gasteiger partial charge in [-0.1, -0.05) is 29.8 Å². The maximum Gasteiger partial charge on any atom is 0.294 e. The molecule has 0 amide bonds. The highest BCUT2D eigenvalue weighted by atomic mass is 32.2. The van der Waals surface area contributed by atoms with Crippen molar-refractivity contribution in [2.24, 2.45) is 0 Å². The molecule has 7 heteroatoms. The highest BCUT2D eigenvalue weighted by molar-refractivity contribution is 7.90. The topological polar surface area (TPSA) is 88.5 Å². The van der Waals surface area contributed by atoms with Crippen molar-refractivity contribution in [2.75, 3.05) is 0 Å². The molecule has 112 valence electrons. The summed E-state index contributed by atoms with van der Waals surface area (Å²) in [4.78, 5) is -0.0501. The van der Waals surface area contributed by atoms with E-state index in [4.69, 9.17) is 4.55 Å². The third-order valence-electron chi connectivity index (χ3n) is 2.96. The summed E-state index contributed by atoms with van der Waals surface area (Å²) in [5, 5.41) is 0. The Labute approximate surface area is 123 Å². The van der Waals surface area contributed by atoms with Gasteiger partial charge in [-0.3, -0.25) is 4.55 Å². The van der Waals surface area contributed by atoms with E-state index in [-0.39, 0.29) is 15.5 Å². The minimum atomic E-state index is -4.27. The highest BCUT2D eigenvalue weighted by Gasteiger charge is 2.16. The number of sulfone groups is 1. The minimum absolute atomic E-state index is 0.215. The smallest absolute Gasteiger partial charge is 0.282 e. The van der Waals surface area contributed by atoms with Crippen molar-refractivity contribution in [1.82, 2.24) is 0 Å². The van der Waals surface area contributed by atoms with Gasteiger partial charge in [0.05, 0.1) is 15.5 Å². The Bertz CT molecular complexity index is 833. The van der Waals surface area contributed by atoms with Gasteiger partial charge in [0.15, 0.2) is 9.84 Å². The van der Waals surface area contributed by atoms with Crippen molar-refractivity contribution in [3.63, 3.8) is 0 Å². The lowest BCUT2D eigenvalue weighted by Gasteiger charge is -2.06. The summed E-state index contributed by atoms with van der Waals surface area (Å²) < 4.78 is 55.2. The fourth-order valence-corrected chi connectivity index (χ4v) is 3.63. The van der Waals surface area contributed by atoms with Crippen LogP contribution in [0, 0.1) is 6.92 Å².